The smallest absolute Gasteiger partial charge is 0.0304 e. The van der Waals surface area contributed by atoms with E-state index in [9.17, 15) is 0 Å². The predicted octanol–water partition coefficient (Wildman–Crippen LogP) is 2.98. The molecule has 0 spiro atoms. The van der Waals surface area contributed by atoms with E-state index < -0.39 is 0 Å². The SMILES string of the molecule is CC1CCC(CN)(NCCC2=CCCC2)CC1. The summed E-state index contributed by atoms with van der Waals surface area (Å²) in [5, 5.41) is 3.77. The van der Waals surface area contributed by atoms with Crippen molar-refractivity contribution in [3.63, 3.8) is 0 Å². The molecular weight excluding hydrogens is 208 g/mol. The Hall–Kier alpha value is -0.340. The number of rotatable bonds is 5. The molecule has 2 aliphatic rings. The third-order valence-electron chi connectivity index (χ3n) is 4.70. The van der Waals surface area contributed by atoms with Gasteiger partial charge in [0.15, 0.2) is 0 Å². The van der Waals surface area contributed by atoms with E-state index in [1.165, 1.54) is 51.4 Å². The van der Waals surface area contributed by atoms with Gasteiger partial charge in [0.25, 0.3) is 0 Å². The highest BCUT2D eigenvalue weighted by atomic mass is 15.0. The first kappa shape index (κ1) is 13.1. The quantitative estimate of drug-likeness (QED) is 0.720. The second kappa shape index (κ2) is 6.01. The summed E-state index contributed by atoms with van der Waals surface area (Å²) < 4.78 is 0. The van der Waals surface area contributed by atoms with Gasteiger partial charge in [-0.1, -0.05) is 18.6 Å². The zero-order valence-electron chi connectivity index (χ0n) is 11.3. The van der Waals surface area contributed by atoms with E-state index in [1.807, 2.05) is 0 Å². The second-order valence-corrected chi connectivity index (χ2v) is 6.10. The summed E-state index contributed by atoms with van der Waals surface area (Å²) in [6.07, 6.45) is 12.9. The van der Waals surface area contributed by atoms with Crippen LogP contribution in [0.25, 0.3) is 0 Å². The maximum atomic E-state index is 6.00. The monoisotopic (exact) mass is 236 g/mol. The Labute approximate surface area is 106 Å². The zero-order chi connectivity index (χ0) is 12.1. The van der Waals surface area contributed by atoms with Gasteiger partial charge >= 0.3 is 0 Å². The van der Waals surface area contributed by atoms with Gasteiger partial charge in [-0.05, 0) is 63.8 Å². The lowest BCUT2D eigenvalue weighted by Crippen LogP contribution is -2.53. The standard InChI is InChI=1S/C15H28N2/c1-13-6-9-15(12-16,10-7-13)17-11-8-14-4-2-3-5-14/h4,13,17H,2-3,5-12,16H2,1H3. The zero-order valence-corrected chi connectivity index (χ0v) is 11.3. The van der Waals surface area contributed by atoms with Crippen LogP contribution in [0.4, 0.5) is 0 Å². The average Bonchev–Trinajstić information content (AvgIpc) is 2.85. The molecule has 0 aliphatic heterocycles. The topological polar surface area (TPSA) is 38.0 Å². The van der Waals surface area contributed by atoms with Gasteiger partial charge in [0.1, 0.15) is 0 Å². The highest BCUT2D eigenvalue weighted by Crippen LogP contribution is 2.31. The largest absolute Gasteiger partial charge is 0.329 e. The van der Waals surface area contributed by atoms with Crippen molar-refractivity contribution in [3.05, 3.63) is 11.6 Å². The van der Waals surface area contributed by atoms with Crippen LogP contribution in [0.3, 0.4) is 0 Å². The van der Waals surface area contributed by atoms with E-state index >= 15 is 0 Å². The van der Waals surface area contributed by atoms with Crippen molar-refractivity contribution in [1.82, 2.24) is 5.32 Å². The number of allylic oxidation sites excluding steroid dienone is 1. The molecule has 98 valence electrons. The molecule has 0 saturated heterocycles. The molecule has 2 rings (SSSR count). The molecule has 2 aliphatic carbocycles. The van der Waals surface area contributed by atoms with Gasteiger partial charge < -0.3 is 11.1 Å². The minimum absolute atomic E-state index is 0.256. The third-order valence-corrected chi connectivity index (χ3v) is 4.70. The number of nitrogens with two attached hydrogens (primary N) is 1. The maximum Gasteiger partial charge on any atom is 0.0304 e. The minimum Gasteiger partial charge on any atom is -0.329 e. The highest BCUT2D eigenvalue weighted by Gasteiger charge is 2.32. The lowest BCUT2D eigenvalue weighted by molar-refractivity contribution is 0.203. The molecule has 0 amide bonds. The summed E-state index contributed by atoms with van der Waals surface area (Å²) >= 11 is 0. The van der Waals surface area contributed by atoms with Crippen LogP contribution in [0.5, 0.6) is 0 Å². The van der Waals surface area contributed by atoms with Gasteiger partial charge in [-0.3, -0.25) is 0 Å². The van der Waals surface area contributed by atoms with Gasteiger partial charge in [0, 0.05) is 12.1 Å². The van der Waals surface area contributed by atoms with Gasteiger partial charge in [0.05, 0.1) is 0 Å². The fourth-order valence-electron chi connectivity index (χ4n) is 3.22. The Morgan fingerprint density at radius 1 is 1.41 bits per heavy atom. The fourth-order valence-corrected chi connectivity index (χ4v) is 3.22. The van der Waals surface area contributed by atoms with Crippen molar-refractivity contribution in [3.8, 4) is 0 Å². The fraction of sp³-hybridized carbons (Fsp3) is 0.867. The van der Waals surface area contributed by atoms with E-state index in [0.29, 0.717) is 0 Å². The van der Waals surface area contributed by atoms with Crippen LogP contribution in [-0.4, -0.2) is 18.6 Å². The van der Waals surface area contributed by atoms with E-state index in [0.717, 1.165) is 19.0 Å². The molecule has 0 unspecified atom stereocenters. The van der Waals surface area contributed by atoms with E-state index in [-0.39, 0.29) is 5.54 Å². The van der Waals surface area contributed by atoms with Crippen LogP contribution in [-0.2, 0) is 0 Å². The number of hydrogen-bond donors (Lipinski definition) is 2. The molecule has 0 aromatic carbocycles. The first-order valence-electron chi connectivity index (χ1n) is 7.37. The molecule has 1 saturated carbocycles. The Balaban J connectivity index is 1.75. The molecular formula is C15H28N2. The lowest BCUT2D eigenvalue weighted by atomic mass is 9.77. The highest BCUT2D eigenvalue weighted by molar-refractivity contribution is 5.08. The molecule has 0 aromatic heterocycles. The number of nitrogens with one attached hydrogen (secondary N) is 1. The normalized spacial score (nSPS) is 33.8. The van der Waals surface area contributed by atoms with E-state index in [2.05, 4.69) is 18.3 Å². The van der Waals surface area contributed by atoms with Crippen LogP contribution in [0.15, 0.2) is 11.6 Å². The van der Waals surface area contributed by atoms with Crippen molar-refractivity contribution in [2.24, 2.45) is 11.7 Å². The molecule has 0 radical (unpaired) electrons. The average molecular weight is 236 g/mol. The third kappa shape index (κ3) is 3.56. The molecule has 2 heteroatoms. The van der Waals surface area contributed by atoms with Gasteiger partial charge in [-0.15, -0.1) is 0 Å². The van der Waals surface area contributed by atoms with Crippen molar-refractivity contribution in [2.75, 3.05) is 13.1 Å². The molecule has 1 fully saturated rings. The first-order valence-corrected chi connectivity index (χ1v) is 7.37. The van der Waals surface area contributed by atoms with Crippen molar-refractivity contribution >= 4 is 0 Å². The molecule has 0 aromatic rings. The van der Waals surface area contributed by atoms with Crippen LogP contribution < -0.4 is 11.1 Å². The Kier molecular flexibility index (Phi) is 4.63. The van der Waals surface area contributed by atoms with Crippen LogP contribution in [0.2, 0.25) is 0 Å². The Morgan fingerprint density at radius 3 is 2.76 bits per heavy atom. The van der Waals surface area contributed by atoms with Crippen LogP contribution >= 0.6 is 0 Å². The summed E-state index contributed by atoms with van der Waals surface area (Å²) in [4.78, 5) is 0. The number of hydrogen-bond acceptors (Lipinski definition) is 2. The summed E-state index contributed by atoms with van der Waals surface area (Å²) in [6, 6.07) is 0. The van der Waals surface area contributed by atoms with Gasteiger partial charge in [0.2, 0.25) is 0 Å². The Morgan fingerprint density at radius 2 is 2.18 bits per heavy atom. The maximum absolute atomic E-state index is 6.00. The second-order valence-electron chi connectivity index (χ2n) is 6.10. The first-order chi connectivity index (χ1) is 8.24. The van der Waals surface area contributed by atoms with Crippen LogP contribution in [0.1, 0.15) is 58.3 Å². The molecule has 17 heavy (non-hydrogen) atoms. The Bertz CT molecular complexity index is 262. The van der Waals surface area contributed by atoms with Crippen molar-refractivity contribution in [2.45, 2.75) is 63.8 Å². The van der Waals surface area contributed by atoms with Gasteiger partial charge in [-0.25, -0.2) is 0 Å². The lowest BCUT2D eigenvalue weighted by Gasteiger charge is -2.39. The predicted molar refractivity (Wildman–Crippen MR) is 74.0 cm³/mol. The molecule has 0 heterocycles. The summed E-state index contributed by atoms with van der Waals surface area (Å²) in [5.74, 6) is 0.897. The van der Waals surface area contributed by atoms with Crippen molar-refractivity contribution < 1.29 is 0 Å². The van der Waals surface area contributed by atoms with Crippen molar-refractivity contribution in [1.29, 1.82) is 0 Å². The molecule has 3 N–H and O–H groups in total. The molecule has 0 atom stereocenters. The van der Waals surface area contributed by atoms with E-state index in [4.69, 9.17) is 5.73 Å². The molecule has 2 nitrogen and oxygen atoms in total. The van der Waals surface area contributed by atoms with E-state index in [1.54, 1.807) is 5.57 Å². The summed E-state index contributed by atoms with van der Waals surface area (Å²) in [6.45, 7) is 4.29. The summed E-state index contributed by atoms with van der Waals surface area (Å²) in [5.41, 5.74) is 7.92. The minimum atomic E-state index is 0.256. The summed E-state index contributed by atoms with van der Waals surface area (Å²) in [7, 11) is 0. The van der Waals surface area contributed by atoms with Crippen LogP contribution in [0, 0.1) is 5.92 Å². The van der Waals surface area contributed by atoms with Gasteiger partial charge in [-0.2, -0.15) is 0 Å². The molecule has 0 bridgehead atoms.